The Morgan fingerprint density at radius 2 is 1.71 bits per heavy atom. The van der Waals surface area contributed by atoms with Crippen LogP contribution in [0.4, 0.5) is 4.39 Å². The van der Waals surface area contributed by atoms with E-state index in [1.54, 1.807) is 6.07 Å². The van der Waals surface area contributed by atoms with E-state index in [1.807, 2.05) is 13.0 Å². The SMILES string of the molecule is Cc1ccc(F)c(C(N)C2C(C)(C)C2(C)C)c1. The number of hydrogen-bond donors (Lipinski definition) is 1. The standard InChI is InChI=1S/C15H22FN/c1-9-6-7-11(16)10(8-9)12(17)13-14(2,3)15(13,4)5/h6-8,12-13H,17H2,1-5H3. The highest BCUT2D eigenvalue weighted by Crippen LogP contribution is 2.71. The molecule has 1 aliphatic rings. The van der Waals surface area contributed by atoms with E-state index in [4.69, 9.17) is 5.73 Å². The average Bonchev–Trinajstić information content (AvgIpc) is 2.61. The van der Waals surface area contributed by atoms with Crippen LogP contribution in [0.2, 0.25) is 0 Å². The largest absolute Gasteiger partial charge is 0.324 e. The van der Waals surface area contributed by atoms with Gasteiger partial charge in [-0.05, 0) is 29.7 Å². The summed E-state index contributed by atoms with van der Waals surface area (Å²) in [5, 5.41) is 0. The summed E-state index contributed by atoms with van der Waals surface area (Å²) in [6.07, 6.45) is 0. The molecule has 2 heteroatoms. The van der Waals surface area contributed by atoms with Crippen molar-refractivity contribution >= 4 is 0 Å². The van der Waals surface area contributed by atoms with E-state index in [9.17, 15) is 4.39 Å². The quantitative estimate of drug-likeness (QED) is 0.828. The molecule has 2 rings (SSSR count). The zero-order chi connectivity index (χ0) is 13.0. The van der Waals surface area contributed by atoms with Gasteiger partial charge in [0.05, 0.1) is 0 Å². The minimum absolute atomic E-state index is 0.179. The van der Waals surface area contributed by atoms with Crippen LogP contribution in [0.3, 0.4) is 0 Å². The molecule has 0 aromatic heterocycles. The maximum absolute atomic E-state index is 13.8. The van der Waals surface area contributed by atoms with Crippen molar-refractivity contribution in [1.29, 1.82) is 0 Å². The van der Waals surface area contributed by atoms with Crippen LogP contribution in [0.5, 0.6) is 0 Å². The van der Waals surface area contributed by atoms with Gasteiger partial charge in [0.2, 0.25) is 0 Å². The lowest BCUT2D eigenvalue weighted by atomic mass is 9.96. The lowest BCUT2D eigenvalue weighted by molar-refractivity contribution is 0.457. The second-order valence-electron chi connectivity index (χ2n) is 6.47. The molecule has 1 fully saturated rings. The smallest absolute Gasteiger partial charge is 0.128 e. The fourth-order valence-corrected chi connectivity index (χ4v) is 3.24. The van der Waals surface area contributed by atoms with Gasteiger partial charge in [-0.2, -0.15) is 0 Å². The van der Waals surface area contributed by atoms with Gasteiger partial charge in [-0.3, -0.25) is 0 Å². The Hall–Kier alpha value is -0.890. The van der Waals surface area contributed by atoms with Crippen molar-refractivity contribution in [2.45, 2.75) is 40.7 Å². The molecule has 1 unspecified atom stereocenters. The van der Waals surface area contributed by atoms with Crippen molar-refractivity contribution in [2.24, 2.45) is 22.5 Å². The molecule has 2 N–H and O–H groups in total. The summed E-state index contributed by atoms with van der Waals surface area (Å²) in [5.74, 6) is 0.160. The fraction of sp³-hybridized carbons (Fsp3) is 0.600. The number of benzene rings is 1. The third-order valence-electron chi connectivity index (χ3n) is 5.00. The molecular formula is C15H22FN. The molecule has 0 spiro atoms. The predicted octanol–water partition coefficient (Wildman–Crippen LogP) is 3.82. The molecule has 0 saturated heterocycles. The molecule has 1 aromatic carbocycles. The second kappa shape index (κ2) is 3.55. The van der Waals surface area contributed by atoms with Crippen molar-refractivity contribution in [2.75, 3.05) is 0 Å². The first kappa shape index (κ1) is 12.6. The van der Waals surface area contributed by atoms with E-state index < -0.39 is 0 Å². The van der Waals surface area contributed by atoms with Crippen LogP contribution in [-0.2, 0) is 0 Å². The summed E-state index contributed by atoms with van der Waals surface area (Å²) in [5.41, 5.74) is 8.37. The molecule has 0 aliphatic heterocycles. The van der Waals surface area contributed by atoms with Crippen molar-refractivity contribution in [1.82, 2.24) is 0 Å². The maximum atomic E-state index is 13.8. The Kier molecular flexibility index (Phi) is 2.62. The fourth-order valence-electron chi connectivity index (χ4n) is 3.24. The minimum Gasteiger partial charge on any atom is -0.324 e. The minimum atomic E-state index is -0.208. The first-order valence-corrected chi connectivity index (χ1v) is 6.21. The molecule has 1 nitrogen and oxygen atoms in total. The van der Waals surface area contributed by atoms with Gasteiger partial charge in [-0.25, -0.2) is 4.39 Å². The summed E-state index contributed by atoms with van der Waals surface area (Å²) in [6.45, 7) is 10.8. The van der Waals surface area contributed by atoms with E-state index in [0.717, 1.165) is 5.56 Å². The van der Waals surface area contributed by atoms with E-state index in [-0.39, 0.29) is 22.7 Å². The van der Waals surface area contributed by atoms with E-state index in [0.29, 0.717) is 11.5 Å². The lowest BCUT2D eigenvalue weighted by Gasteiger charge is -2.16. The number of nitrogens with two attached hydrogens (primary N) is 1. The number of halogens is 1. The van der Waals surface area contributed by atoms with Crippen molar-refractivity contribution < 1.29 is 4.39 Å². The van der Waals surface area contributed by atoms with Gasteiger partial charge in [0, 0.05) is 11.6 Å². The summed E-state index contributed by atoms with van der Waals surface area (Å²) in [7, 11) is 0. The van der Waals surface area contributed by atoms with Gasteiger partial charge in [0.25, 0.3) is 0 Å². The summed E-state index contributed by atoms with van der Waals surface area (Å²) in [6, 6.07) is 4.98. The van der Waals surface area contributed by atoms with Gasteiger partial charge >= 0.3 is 0 Å². The normalized spacial score (nSPS) is 23.5. The Labute approximate surface area is 103 Å². The molecule has 1 aromatic rings. The molecule has 0 amide bonds. The van der Waals surface area contributed by atoms with Crippen LogP contribution in [0.15, 0.2) is 18.2 Å². The molecule has 0 heterocycles. The number of hydrogen-bond acceptors (Lipinski definition) is 1. The average molecular weight is 235 g/mol. The third kappa shape index (κ3) is 1.70. The molecule has 1 atom stereocenters. The van der Waals surface area contributed by atoms with Crippen molar-refractivity contribution in [3.05, 3.63) is 35.1 Å². The number of rotatable bonds is 2. The monoisotopic (exact) mass is 235 g/mol. The molecule has 1 saturated carbocycles. The van der Waals surface area contributed by atoms with Crippen LogP contribution in [0, 0.1) is 29.5 Å². The lowest BCUT2D eigenvalue weighted by Crippen LogP contribution is -2.18. The molecular weight excluding hydrogens is 213 g/mol. The second-order valence-corrected chi connectivity index (χ2v) is 6.47. The van der Waals surface area contributed by atoms with Crippen LogP contribution in [0.25, 0.3) is 0 Å². The molecule has 0 radical (unpaired) electrons. The summed E-state index contributed by atoms with van der Waals surface area (Å²) >= 11 is 0. The van der Waals surface area contributed by atoms with Gasteiger partial charge in [-0.15, -0.1) is 0 Å². The predicted molar refractivity (Wildman–Crippen MR) is 69.1 cm³/mol. The van der Waals surface area contributed by atoms with Gasteiger partial charge < -0.3 is 5.73 Å². The zero-order valence-electron chi connectivity index (χ0n) is 11.3. The van der Waals surface area contributed by atoms with Gasteiger partial charge in [-0.1, -0.05) is 45.4 Å². The van der Waals surface area contributed by atoms with Crippen LogP contribution in [0.1, 0.15) is 44.9 Å². The summed E-state index contributed by atoms with van der Waals surface area (Å²) in [4.78, 5) is 0. The van der Waals surface area contributed by atoms with E-state index in [1.165, 1.54) is 6.07 Å². The Morgan fingerprint density at radius 3 is 2.18 bits per heavy atom. The van der Waals surface area contributed by atoms with Gasteiger partial charge in [0.1, 0.15) is 5.82 Å². The van der Waals surface area contributed by atoms with E-state index in [2.05, 4.69) is 27.7 Å². The van der Waals surface area contributed by atoms with Crippen LogP contribution < -0.4 is 5.73 Å². The van der Waals surface area contributed by atoms with E-state index >= 15 is 0 Å². The highest BCUT2D eigenvalue weighted by Gasteiger charge is 2.66. The maximum Gasteiger partial charge on any atom is 0.128 e. The first-order chi connectivity index (χ1) is 7.69. The molecule has 94 valence electrons. The van der Waals surface area contributed by atoms with Crippen LogP contribution in [-0.4, -0.2) is 0 Å². The highest BCUT2D eigenvalue weighted by atomic mass is 19.1. The topological polar surface area (TPSA) is 26.0 Å². The third-order valence-corrected chi connectivity index (χ3v) is 5.00. The Balaban J connectivity index is 2.34. The Bertz CT molecular complexity index is 434. The van der Waals surface area contributed by atoms with Gasteiger partial charge in [0.15, 0.2) is 0 Å². The Morgan fingerprint density at radius 1 is 1.18 bits per heavy atom. The summed E-state index contributed by atoms with van der Waals surface area (Å²) < 4.78 is 13.8. The van der Waals surface area contributed by atoms with Crippen molar-refractivity contribution in [3.8, 4) is 0 Å². The molecule has 17 heavy (non-hydrogen) atoms. The van der Waals surface area contributed by atoms with Crippen LogP contribution >= 0.6 is 0 Å². The number of aryl methyl sites for hydroxylation is 1. The molecule has 1 aliphatic carbocycles. The highest BCUT2D eigenvalue weighted by molar-refractivity contribution is 5.31. The van der Waals surface area contributed by atoms with Crippen molar-refractivity contribution in [3.63, 3.8) is 0 Å². The zero-order valence-corrected chi connectivity index (χ0v) is 11.3. The first-order valence-electron chi connectivity index (χ1n) is 6.21. The molecule has 0 bridgehead atoms.